The summed E-state index contributed by atoms with van der Waals surface area (Å²) < 4.78 is 5.39. The minimum Gasteiger partial charge on any atom is -0.495 e. The third-order valence-electron chi connectivity index (χ3n) is 3.80. The maximum atomic E-state index is 5.39. The number of aromatic nitrogens is 1. The van der Waals surface area contributed by atoms with Crippen LogP contribution in [0.4, 0.5) is 0 Å². The van der Waals surface area contributed by atoms with Gasteiger partial charge in [-0.3, -0.25) is 4.98 Å². The van der Waals surface area contributed by atoms with Crippen LogP contribution in [-0.4, -0.2) is 19.1 Å². The summed E-state index contributed by atoms with van der Waals surface area (Å²) in [6.07, 6.45) is 10.4. The molecule has 1 atom stereocenters. The summed E-state index contributed by atoms with van der Waals surface area (Å²) in [4.78, 5) is 4.11. The molecule has 1 saturated carbocycles. The van der Waals surface area contributed by atoms with E-state index in [1.807, 2.05) is 13.2 Å². The van der Waals surface area contributed by atoms with Crippen molar-refractivity contribution in [1.29, 1.82) is 0 Å². The molecule has 0 saturated heterocycles. The van der Waals surface area contributed by atoms with Gasteiger partial charge < -0.3 is 10.1 Å². The molecule has 1 aromatic heterocycles. The average Bonchev–Trinajstić information content (AvgIpc) is 2.89. The van der Waals surface area contributed by atoms with Crippen LogP contribution in [-0.2, 0) is 0 Å². The Morgan fingerprint density at radius 1 is 1.47 bits per heavy atom. The van der Waals surface area contributed by atoms with Crippen molar-refractivity contribution in [2.45, 2.75) is 38.1 Å². The second-order valence-corrected chi connectivity index (χ2v) is 4.85. The Bertz CT molecular complexity index is 348. The van der Waals surface area contributed by atoms with Gasteiger partial charge in [0.05, 0.1) is 13.3 Å². The second kappa shape index (κ2) is 6.01. The van der Waals surface area contributed by atoms with Crippen molar-refractivity contribution in [2.24, 2.45) is 5.92 Å². The normalized spacial score (nSPS) is 18.2. The van der Waals surface area contributed by atoms with Gasteiger partial charge >= 0.3 is 0 Å². The lowest BCUT2D eigenvalue weighted by atomic mass is 9.94. The highest BCUT2D eigenvalue weighted by molar-refractivity contribution is 5.32. The van der Waals surface area contributed by atoms with Crippen molar-refractivity contribution in [3.05, 3.63) is 24.0 Å². The number of nitrogens with one attached hydrogen (secondary N) is 1. The average molecular weight is 234 g/mol. The fraction of sp³-hybridized carbons (Fsp3) is 0.643. The smallest absolute Gasteiger partial charge is 0.141 e. The number of rotatable bonds is 5. The summed E-state index contributed by atoms with van der Waals surface area (Å²) in [5.41, 5.74) is 1.23. The molecule has 2 rings (SSSR count). The molecule has 1 heterocycles. The number of ether oxygens (including phenoxy) is 1. The van der Waals surface area contributed by atoms with Gasteiger partial charge in [0.2, 0.25) is 0 Å². The molecule has 3 heteroatoms. The fourth-order valence-electron chi connectivity index (χ4n) is 2.83. The lowest BCUT2D eigenvalue weighted by Crippen LogP contribution is -2.19. The van der Waals surface area contributed by atoms with Crippen LogP contribution >= 0.6 is 0 Å². The topological polar surface area (TPSA) is 34.2 Å². The van der Waals surface area contributed by atoms with Crippen molar-refractivity contribution in [1.82, 2.24) is 10.3 Å². The number of methoxy groups -OCH3 is 1. The van der Waals surface area contributed by atoms with Crippen LogP contribution < -0.4 is 10.1 Å². The van der Waals surface area contributed by atoms with Gasteiger partial charge in [-0.25, -0.2) is 0 Å². The molecular formula is C14H22N2O. The van der Waals surface area contributed by atoms with Crippen LogP contribution in [0.3, 0.4) is 0 Å². The van der Waals surface area contributed by atoms with E-state index < -0.39 is 0 Å². The SMILES string of the molecule is CNC(CC1CCCC1)c1ccncc1OC. The van der Waals surface area contributed by atoms with Gasteiger partial charge in [-0.05, 0) is 25.5 Å². The van der Waals surface area contributed by atoms with E-state index in [1.54, 1.807) is 13.3 Å². The van der Waals surface area contributed by atoms with Gasteiger partial charge in [0.1, 0.15) is 5.75 Å². The Morgan fingerprint density at radius 2 is 2.24 bits per heavy atom. The summed E-state index contributed by atoms with van der Waals surface area (Å²) in [6, 6.07) is 2.45. The van der Waals surface area contributed by atoms with E-state index in [4.69, 9.17) is 4.74 Å². The zero-order valence-electron chi connectivity index (χ0n) is 10.8. The summed E-state index contributed by atoms with van der Waals surface area (Å²) in [5, 5.41) is 3.41. The number of nitrogens with zero attached hydrogens (tertiary/aromatic N) is 1. The molecule has 1 aliphatic carbocycles. The van der Waals surface area contributed by atoms with Gasteiger partial charge in [-0.1, -0.05) is 25.7 Å². The summed E-state index contributed by atoms with van der Waals surface area (Å²) in [7, 11) is 3.74. The van der Waals surface area contributed by atoms with Crippen LogP contribution in [0.2, 0.25) is 0 Å². The molecule has 94 valence electrons. The maximum Gasteiger partial charge on any atom is 0.141 e. The van der Waals surface area contributed by atoms with E-state index in [9.17, 15) is 0 Å². The molecule has 3 nitrogen and oxygen atoms in total. The summed E-state index contributed by atoms with van der Waals surface area (Å²) >= 11 is 0. The molecule has 0 aromatic carbocycles. The maximum absolute atomic E-state index is 5.39. The summed E-state index contributed by atoms with van der Waals surface area (Å²) in [6.45, 7) is 0. The Hall–Kier alpha value is -1.09. The summed E-state index contributed by atoms with van der Waals surface area (Å²) in [5.74, 6) is 1.76. The van der Waals surface area contributed by atoms with Crippen LogP contribution in [0.15, 0.2) is 18.5 Å². The van der Waals surface area contributed by atoms with E-state index in [2.05, 4.69) is 16.4 Å². The van der Waals surface area contributed by atoms with Crippen LogP contribution in [0.5, 0.6) is 5.75 Å². The van der Waals surface area contributed by atoms with Crippen LogP contribution in [0, 0.1) is 5.92 Å². The molecule has 1 unspecified atom stereocenters. The van der Waals surface area contributed by atoms with Crippen molar-refractivity contribution < 1.29 is 4.74 Å². The van der Waals surface area contributed by atoms with Crippen LogP contribution in [0.1, 0.15) is 43.7 Å². The molecule has 0 aliphatic heterocycles. The monoisotopic (exact) mass is 234 g/mol. The Morgan fingerprint density at radius 3 is 2.88 bits per heavy atom. The molecule has 0 spiro atoms. The van der Waals surface area contributed by atoms with Crippen LogP contribution in [0.25, 0.3) is 0 Å². The van der Waals surface area contributed by atoms with E-state index in [-0.39, 0.29) is 0 Å². The molecule has 0 radical (unpaired) electrons. The molecular weight excluding hydrogens is 212 g/mol. The van der Waals surface area contributed by atoms with Gasteiger partial charge in [0.25, 0.3) is 0 Å². The van der Waals surface area contributed by atoms with Gasteiger partial charge in [0, 0.05) is 17.8 Å². The van der Waals surface area contributed by atoms with Crippen molar-refractivity contribution >= 4 is 0 Å². The van der Waals surface area contributed by atoms with E-state index >= 15 is 0 Å². The first-order valence-corrected chi connectivity index (χ1v) is 6.50. The lowest BCUT2D eigenvalue weighted by Gasteiger charge is -2.22. The highest BCUT2D eigenvalue weighted by atomic mass is 16.5. The fourth-order valence-corrected chi connectivity index (χ4v) is 2.83. The molecule has 1 aromatic rings. The van der Waals surface area contributed by atoms with E-state index in [0.29, 0.717) is 6.04 Å². The first kappa shape index (κ1) is 12.4. The minimum atomic E-state index is 0.385. The Balaban J connectivity index is 2.10. The zero-order valence-corrected chi connectivity index (χ0v) is 10.8. The standard InChI is InChI=1S/C14H22N2O/c1-15-13(9-11-5-3-4-6-11)12-7-8-16-10-14(12)17-2/h7-8,10-11,13,15H,3-6,9H2,1-2H3. The Labute approximate surface area is 104 Å². The zero-order chi connectivity index (χ0) is 12.1. The third kappa shape index (κ3) is 2.97. The molecule has 0 bridgehead atoms. The molecule has 17 heavy (non-hydrogen) atoms. The van der Waals surface area contributed by atoms with Gasteiger partial charge in [-0.2, -0.15) is 0 Å². The van der Waals surface area contributed by atoms with Crippen molar-refractivity contribution in [3.8, 4) is 5.75 Å². The highest BCUT2D eigenvalue weighted by Crippen LogP contribution is 2.35. The number of hydrogen-bond donors (Lipinski definition) is 1. The highest BCUT2D eigenvalue weighted by Gasteiger charge is 2.22. The third-order valence-corrected chi connectivity index (χ3v) is 3.80. The first-order chi connectivity index (χ1) is 8.35. The molecule has 1 aliphatic rings. The minimum absolute atomic E-state index is 0.385. The quantitative estimate of drug-likeness (QED) is 0.850. The predicted molar refractivity (Wildman–Crippen MR) is 69.2 cm³/mol. The van der Waals surface area contributed by atoms with E-state index in [1.165, 1.54) is 37.7 Å². The number of pyridine rings is 1. The Kier molecular flexibility index (Phi) is 4.37. The largest absolute Gasteiger partial charge is 0.495 e. The molecule has 1 fully saturated rings. The second-order valence-electron chi connectivity index (χ2n) is 4.85. The van der Waals surface area contributed by atoms with Gasteiger partial charge in [0.15, 0.2) is 0 Å². The van der Waals surface area contributed by atoms with Gasteiger partial charge in [-0.15, -0.1) is 0 Å². The van der Waals surface area contributed by atoms with E-state index in [0.717, 1.165) is 11.7 Å². The van der Waals surface area contributed by atoms with Crippen molar-refractivity contribution in [3.63, 3.8) is 0 Å². The van der Waals surface area contributed by atoms with Crippen molar-refractivity contribution in [2.75, 3.05) is 14.2 Å². The molecule has 1 N–H and O–H groups in total. The first-order valence-electron chi connectivity index (χ1n) is 6.50. The number of hydrogen-bond acceptors (Lipinski definition) is 3. The molecule has 0 amide bonds. The predicted octanol–water partition coefficient (Wildman–Crippen LogP) is 2.93. The lowest BCUT2D eigenvalue weighted by molar-refractivity contribution is 0.376.